The van der Waals surface area contributed by atoms with E-state index in [9.17, 15) is 9.59 Å². The molecule has 0 aliphatic carbocycles. The quantitative estimate of drug-likeness (QED) is 0.458. The van der Waals surface area contributed by atoms with E-state index in [-0.39, 0.29) is 5.56 Å². The summed E-state index contributed by atoms with van der Waals surface area (Å²) in [7, 11) is 0. The predicted octanol–water partition coefficient (Wildman–Crippen LogP) is 0.161. The van der Waals surface area contributed by atoms with Crippen LogP contribution in [-0.2, 0) is 6.54 Å². The number of nitrogens with zero attached hydrogens (tertiary/aromatic N) is 2. The minimum absolute atomic E-state index is 0.194. The minimum Gasteiger partial charge on any atom is -0.325 e. The molecule has 1 aliphatic rings. The molecule has 2 heterocycles. The third kappa shape index (κ3) is 0.972. The number of carbonyl (C=O) groups excluding carboxylic acids is 1. The molecule has 2 rings (SSSR count). The van der Waals surface area contributed by atoms with Gasteiger partial charge in [0.15, 0.2) is 6.29 Å². The van der Waals surface area contributed by atoms with E-state index >= 15 is 0 Å². The molecular formula is C7H6N2O2S. The number of hydrogen-bond acceptors (Lipinski definition) is 4. The molecule has 62 valence electrons. The largest absolute Gasteiger partial charge is 0.325 e. The van der Waals surface area contributed by atoms with Crippen LogP contribution >= 0.6 is 11.8 Å². The third-order valence-corrected chi connectivity index (χ3v) is 2.84. The van der Waals surface area contributed by atoms with Crippen molar-refractivity contribution in [1.82, 2.24) is 9.55 Å². The molecule has 0 radical (unpaired) electrons. The molecular weight excluding hydrogens is 176 g/mol. The topological polar surface area (TPSA) is 52.0 Å². The SMILES string of the molecule is O=Cc1c2n(cnc1=O)CCS2. The summed E-state index contributed by atoms with van der Waals surface area (Å²) in [6.45, 7) is 0.828. The Hall–Kier alpha value is -1.10. The summed E-state index contributed by atoms with van der Waals surface area (Å²) in [6, 6.07) is 0. The summed E-state index contributed by atoms with van der Waals surface area (Å²) in [5.41, 5.74) is -0.231. The first-order valence-corrected chi connectivity index (χ1v) is 4.49. The van der Waals surface area contributed by atoms with Crippen LogP contribution in [0.2, 0.25) is 0 Å². The highest BCUT2D eigenvalue weighted by molar-refractivity contribution is 7.99. The fourth-order valence-electron chi connectivity index (χ4n) is 1.15. The van der Waals surface area contributed by atoms with Crippen LogP contribution in [-0.4, -0.2) is 21.6 Å². The molecule has 4 nitrogen and oxygen atoms in total. The fourth-order valence-corrected chi connectivity index (χ4v) is 2.23. The lowest BCUT2D eigenvalue weighted by molar-refractivity contribution is 0.111. The van der Waals surface area contributed by atoms with Crippen LogP contribution in [0.4, 0.5) is 0 Å². The Balaban J connectivity index is 2.73. The summed E-state index contributed by atoms with van der Waals surface area (Å²) in [6.07, 6.45) is 2.07. The molecule has 1 aliphatic heterocycles. The molecule has 0 saturated heterocycles. The van der Waals surface area contributed by atoms with Gasteiger partial charge in [-0.25, -0.2) is 0 Å². The van der Waals surface area contributed by atoms with Crippen molar-refractivity contribution in [3.63, 3.8) is 0 Å². The molecule has 1 aromatic rings. The molecule has 0 aromatic carbocycles. The lowest BCUT2D eigenvalue weighted by Crippen LogP contribution is -2.16. The maximum atomic E-state index is 11.0. The summed E-state index contributed by atoms with van der Waals surface area (Å²) < 4.78 is 1.83. The molecule has 0 bridgehead atoms. The zero-order valence-corrected chi connectivity index (χ0v) is 7.00. The Kier molecular flexibility index (Phi) is 1.73. The van der Waals surface area contributed by atoms with Crippen LogP contribution in [0.5, 0.6) is 0 Å². The van der Waals surface area contributed by atoms with Crippen molar-refractivity contribution in [2.45, 2.75) is 11.6 Å². The van der Waals surface area contributed by atoms with Gasteiger partial charge in [0.1, 0.15) is 5.56 Å². The number of carbonyl (C=O) groups is 1. The maximum absolute atomic E-state index is 11.0. The van der Waals surface area contributed by atoms with E-state index in [1.807, 2.05) is 4.57 Å². The van der Waals surface area contributed by atoms with Gasteiger partial charge in [-0.15, -0.1) is 11.8 Å². The molecule has 0 N–H and O–H groups in total. The monoisotopic (exact) mass is 182 g/mol. The zero-order chi connectivity index (χ0) is 8.55. The predicted molar refractivity (Wildman–Crippen MR) is 44.6 cm³/mol. The normalized spacial score (nSPS) is 14.3. The third-order valence-electron chi connectivity index (χ3n) is 1.72. The van der Waals surface area contributed by atoms with Gasteiger partial charge in [-0.2, -0.15) is 4.98 Å². The van der Waals surface area contributed by atoms with Gasteiger partial charge >= 0.3 is 0 Å². The van der Waals surface area contributed by atoms with Crippen LogP contribution in [0.15, 0.2) is 16.1 Å². The van der Waals surface area contributed by atoms with Crippen LogP contribution in [0, 0.1) is 0 Å². The second-order valence-corrected chi connectivity index (χ2v) is 3.51. The highest BCUT2D eigenvalue weighted by Crippen LogP contribution is 2.25. The van der Waals surface area contributed by atoms with E-state index in [2.05, 4.69) is 4.98 Å². The van der Waals surface area contributed by atoms with Gasteiger partial charge in [0, 0.05) is 12.3 Å². The van der Waals surface area contributed by atoms with Crippen molar-refractivity contribution in [3.8, 4) is 0 Å². The van der Waals surface area contributed by atoms with Crippen molar-refractivity contribution >= 4 is 18.0 Å². The fraction of sp³-hybridized carbons (Fsp3) is 0.286. The molecule has 0 atom stereocenters. The van der Waals surface area contributed by atoms with E-state index in [0.717, 1.165) is 17.3 Å². The van der Waals surface area contributed by atoms with E-state index in [1.54, 1.807) is 0 Å². The van der Waals surface area contributed by atoms with Crippen LogP contribution < -0.4 is 5.56 Å². The molecule has 0 saturated carbocycles. The van der Waals surface area contributed by atoms with Crippen molar-refractivity contribution in [1.29, 1.82) is 0 Å². The van der Waals surface area contributed by atoms with Crippen LogP contribution in [0.25, 0.3) is 0 Å². The van der Waals surface area contributed by atoms with Crippen molar-refractivity contribution < 1.29 is 4.79 Å². The smallest absolute Gasteiger partial charge is 0.284 e. The number of fused-ring (bicyclic) bond motifs is 1. The Labute approximate surface area is 72.6 Å². The van der Waals surface area contributed by atoms with Gasteiger partial charge in [-0.05, 0) is 0 Å². The molecule has 5 heteroatoms. The van der Waals surface area contributed by atoms with Gasteiger partial charge in [0.2, 0.25) is 0 Å². The van der Waals surface area contributed by atoms with Gasteiger partial charge in [0.25, 0.3) is 5.56 Å². The minimum atomic E-state index is -0.425. The van der Waals surface area contributed by atoms with Crippen molar-refractivity contribution in [3.05, 3.63) is 22.2 Å². The molecule has 0 spiro atoms. The lowest BCUT2D eigenvalue weighted by atomic mass is 10.4. The number of rotatable bonds is 1. The maximum Gasteiger partial charge on any atom is 0.284 e. The second-order valence-electron chi connectivity index (χ2n) is 2.43. The number of aromatic nitrogens is 2. The lowest BCUT2D eigenvalue weighted by Gasteiger charge is -2.00. The molecule has 1 aromatic heterocycles. The Bertz CT molecular complexity index is 385. The average molecular weight is 182 g/mol. The summed E-state index contributed by atoms with van der Waals surface area (Å²) in [4.78, 5) is 25.1. The number of thioether (sulfide) groups is 1. The number of hydrogen-bond donors (Lipinski definition) is 0. The highest BCUT2D eigenvalue weighted by Gasteiger charge is 2.16. The van der Waals surface area contributed by atoms with E-state index in [4.69, 9.17) is 0 Å². The van der Waals surface area contributed by atoms with Gasteiger partial charge in [0.05, 0.1) is 11.4 Å². The highest BCUT2D eigenvalue weighted by atomic mass is 32.2. The zero-order valence-electron chi connectivity index (χ0n) is 6.19. The van der Waals surface area contributed by atoms with Crippen LogP contribution in [0.3, 0.4) is 0 Å². The molecule has 0 amide bonds. The van der Waals surface area contributed by atoms with Gasteiger partial charge in [-0.1, -0.05) is 0 Å². The summed E-state index contributed by atoms with van der Waals surface area (Å²) >= 11 is 1.52. The molecule has 0 fully saturated rings. The van der Waals surface area contributed by atoms with E-state index < -0.39 is 5.56 Å². The van der Waals surface area contributed by atoms with Crippen molar-refractivity contribution in [2.24, 2.45) is 0 Å². The number of aryl methyl sites for hydroxylation is 1. The Morgan fingerprint density at radius 1 is 1.67 bits per heavy atom. The summed E-state index contributed by atoms with van der Waals surface area (Å²) in [5, 5.41) is 0.755. The molecule has 0 unspecified atom stereocenters. The Morgan fingerprint density at radius 3 is 3.25 bits per heavy atom. The van der Waals surface area contributed by atoms with Gasteiger partial charge in [-0.3, -0.25) is 9.59 Å². The first kappa shape index (κ1) is 7.54. The second kappa shape index (κ2) is 2.75. The average Bonchev–Trinajstić information content (AvgIpc) is 2.52. The summed E-state index contributed by atoms with van der Waals surface area (Å²) in [5.74, 6) is 0.909. The van der Waals surface area contributed by atoms with Crippen LogP contribution in [0.1, 0.15) is 10.4 Å². The van der Waals surface area contributed by atoms with E-state index in [1.165, 1.54) is 18.1 Å². The van der Waals surface area contributed by atoms with E-state index in [0.29, 0.717) is 6.29 Å². The first-order chi connectivity index (χ1) is 5.83. The van der Waals surface area contributed by atoms with Crippen molar-refractivity contribution in [2.75, 3.05) is 5.75 Å². The first-order valence-electron chi connectivity index (χ1n) is 3.50. The standard InChI is InChI=1S/C7H6N2O2S/c10-3-5-6(11)8-4-9-1-2-12-7(5)9/h3-4H,1-2H2. The molecule has 12 heavy (non-hydrogen) atoms. The number of aldehydes is 1. The Morgan fingerprint density at radius 2 is 2.50 bits per heavy atom. The van der Waals surface area contributed by atoms with Gasteiger partial charge < -0.3 is 4.57 Å².